The molecule has 0 heterocycles. The minimum absolute atomic E-state index is 1.02. The van der Waals surface area contributed by atoms with Gasteiger partial charge in [0.25, 0.3) is 0 Å². The van der Waals surface area contributed by atoms with Crippen LogP contribution in [0.3, 0.4) is 0 Å². The van der Waals surface area contributed by atoms with Gasteiger partial charge in [-0.15, -0.1) is 0 Å². The molecule has 0 unspecified atom stereocenters. The van der Waals surface area contributed by atoms with E-state index >= 15 is 0 Å². The van der Waals surface area contributed by atoms with Crippen LogP contribution in [0.1, 0.15) is 103 Å². The highest BCUT2D eigenvalue weighted by atomic mass is 28.4. The second kappa shape index (κ2) is 16.0. The zero-order valence-electron chi connectivity index (χ0n) is 27.0. The summed E-state index contributed by atoms with van der Waals surface area (Å²) in [4.78, 5) is 0. The second-order valence-electron chi connectivity index (χ2n) is 13.2. The Bertz CT molecular complexity index is 1180. The number of benzene rings is 3. The molecule has 0 aliphatic carbocycles. The van der Waals surface area contributed by atoms with Gasteiger partial charge >= 0.3 is 0 Å². The van der Waals surface area contributed by atoms with E-state index in [1.165, 1.54) is 116 Å². The van der Waals surface area contributed by atoms with Crippen molar-refractivity contribution in [2.45, 2.75) is 143 Å². The third-order valence-corrected chi connectivity index (χ3v) is 13.0. The highest BCUT2D eigenvalue weighted by Crippen LogP contribution is 2.45. The van der Waals surface area contributed by atoms with Crippen LogP contribution < -0.4 is 8.85 Å². The highest BCUT2D eigenvalue weighted by Gasteiger charge is 2.29. The zero-order chi connectivity index (χ0) is 29.0. The minimum atomic E-state index is -1.90. The predicted molar refractivity (Wildman–Crippen MR) is 183 cm³/mol. The fourth-order valence-electron chi connectivity index (χ4n) is 5.90. The summed E-state index contributed by atoms with van der Waals surface area (Å²) in [7, 11) is -3.80. The van der Waals surface area contributed by atoms with Crippen LogP contribution in [0.4, 0.5) is 0 Å². The number of aryl methyl sites for hydroxylation is 1. The third-order valence-electron chi connectivity index (χ3n) is 8.42. The lowest BCUT2D eigenvalue weighted by Gasteiger charge is -2.30. The molecule has 3 rings (SSSR count). The van der Waals surface area contributed by atoms with Crippen LogP contribution in [0.25, 0.3) is 21.5 Å². The summed E-state index contributed by atoms with van der Waals surface area (Å²) in [6.45, 7) is 16.4. The Balaban J connectivity index is 1.92. The third kappa shape index (κ3) is 9.65. The van der Waals surface area contributed by atoms with Gasteiger partial charge in [-0.05, 0) is 56.3 Å². The number of rotatable bonds is 19. The van der Waals surface area contributed by atoms with Gasteiger partial charge < -0.3 is 8.85 Å². The monoisotopic (exact) mass is 578 g/mol. The van der Waals surface area contributed by atoms with Crippen molar-refractivity contribution in [2.75, 3.05) is 0 Å². The van der Waals surface area contributed by atoms with Crippen molar-refractivity contribution in [1.29, 1.82) is 0 Å². The molecule has 0 aromatic heterocycles. The molecule has 0 N–H and O–H groups in total. The average molecular weight is 579 g/mol. The number of fused-ring (bicyclic) bond motifs is 2. The maximum Gasteiger partial charge on any atom is 0.245 e. The zero-order valence-corrected chi connectivity index (χ0v) is 29.0. The molecule has 0 atom stereocenters. The van der Waals surface area contributed by atoms with Crippen molar-refractivity contribution in [3.63, 3.8) is 0 Å². The van der Waals surface area contributed by atoms with E-state index in [9.17, 15) is 0 Å². The quantitative estimate of drug-likeness (QED) is 0.0800. The number of hydrogen-bond acceptors (Lipinski definition) is 2. The molecule has 40 heavy (non-hydrogen) atoms. The van der Waals surface area contributed by atoms with Crippen molar-refractivity contribution < 1.29 is 8.85 Å². The first-order valence-corrected chi connectivity index (χ1v) is 22.8. The maximum atomic E-state index is 7.15. The summed E-state index contributed by atoms with van der Waals surface area (Å²) in [5.74, 6) is 2.17. The maximum absolute atomic E-state index is 7.15. The van der Waals surface area contributed by atoms with Gasteiger partial charge in [-0.25, -0.2) is 0 Å². The topological polar surface area (TPSA) is 18.5 Å². The van der Waals surface area contributed by atoms with E-state index in [2.05, 4.69) is 89.4 Å². The first-order chi connectivity index (χ1) is 19.2. The van der Waals surface area contributed by atoms with Crippen molar-refractivity contribution in [3.8, 4) is 11.5 Å². The van der Waals surface area contributed by atoms with Gasteiger partial charge in [-0.3, -0.25) is 0 Å². The van der Waals surface area contributed by atoms with E-state index in [-0.39, 0.29) is 0 Å². The fourth-order valence-corrected chi connectivity index (χ4v) is 9.86. The van der Waals surface area contributed by atoms with Crippen LogP contribution >= 0.6 is 0 Å². The molecule has 0 aliphatic rings. The molecule has 3 aromatic rings. The molecule has 2 nitrogen and oxygen atoms in total. The molecule has 0 amide bonds. The fraction of sp³-hybridized carbons (Fsp3) is 0.611. The van der Waals surface area contributed by atoms with Crippen molar-refractivity contribution in [3.05, 3.63) is 48.0 Å². The minimum Gasteiger partial charge on any atom is -0.543 e. The molecule has 0 radical (unpaired) electrons. The molecule has 0 spiro atoms. The Kier molecular flexibility index (Phi) is 13.1. The lowest BCUT2D eigenvalue weighted by Crippen LogP contribution is -2.35. The molecule has 4 heteroatoms. The lowest BCUT2D eigenvalue weighted by molar-refractivity contribution is 0.538. The van der Waals surface area contributed by atoms with E-state index in [4.69, 9.17) is 8.85 Å². The van der Waals surface area contributed by atoms with E-state index < -0.39 is 16.6 Å². The molecule has 0 aliphatic heterocycles. The molecule has 0 fully saturated rings. The van der Waals surface area contributed by atoms with Gasteiger partial charge in [-0.1, -0.05) is 134 Å². The van der Waals surface area contributed by atoms with Crippen LogP contribution in [0.2, 0.25) is 38.3 Å². The van der Waals surface area contributed by atoms with E-state index in [0.717, 1.165) is 17.9 Å². The Labute approximate surface area is 248 Å². The standard InChI is InChI=1S/C36H58O2Si2/c1-8-11-13-15-17-21-27-39(4,5)37-35-31-23-19-20-24-32(31)36(34-29-30(10-3)25-26-33(34)35)38-40(6,7)28-22-18-16-14-12-9-2/h19-20,23-26,29H,8-18,21-22,27-28H2,1-7H3. The number of hydrogen-bond donors (Lipinski definition) is 0. The second-order valence-corrected chi connectivity index (χ2v) is 21.6. The number of unbranched alkanes of at least 4 members (excludes halogenated alkanes) is 10. The predicted octanol–water partition coefficient (Wildman–Crippen LogP) is 12.4. The molecule has 0 saturated carbocycles. The summed E-state index contributed by atoms with van der Waals surface area (Å²) in [5, 5.41) is 4.88. The van der Waals surface area contributed by atoms with Crippen LogP contribution in [-0.2, 0) is 6.42 Å². The molecule has 222 valence electrons. The Hall–Kier alpha value is -1.79. The SMILES string of the molecule is CCCCCCCC[Si](C)(C)Oc1c2ccccc2c(O[Si](C)(C)CCCCCCCC)c2cc(CC)ccc12. The van der Waals surface area contributed by atoms with Gasteiger partial charge in [0, 0.05) is 21.5 Å². The Morgan fingerprint density at radius 1 is 0.500 bits per heavy atom. The van der Waals surface area contributed by atoms with Crippen LogP contribution in [0, 0.1) is 0 Å². The summed E-state index contributed by atoms with van der Waals surface area (Å²) < 4.78 is 14.3. The van der Waals surface area contributed by atoms with Gasteiger partial charge in [0.15, 0.2) is 0 Å². The molecular weight excluding hydrogens is 521 g/mol. The highest BCUT2D eigenvalue weighted by molar-refractivity contribution is 6.72. The normalized spacial score (nSPS) is 12.4. The first-order valence-electron chi connectivity index (χ1n) is 16.6. The Morgan fingerprint density at radius 3 is 1.40 bits per heavy atom. The first kappa shape index (κ1) is 32.7. The summed E-state index contributed by atoms with van der Waals surface area (Å²) in [6, 6.07) is 18.2. The summed E-state index contributed by atoms with van der Waals surface area (Å²) in [6.07, 6.45) is 17.0. The smallest absolute Gasteiger partial charge is 0.245 e. The van der Waals surface area contributed by atoms with Crippen molar-refractivity contribution >= 4 is 38.2 Å². The van der Waals surface area contributed by atoms with E-state index in [0.29, 0.717) is 0 Å². The van der Waals surface area contributed by atoms with Crippen molar-refractivity contribution in [1.82, 2.24) is 0 Å². The molecule has 3 aromatic carbocycles. The van der Waals surface area contributed by atoms with E-state index in [1.807, 2.05) is 0 Å². The van der Waals surface area contributed by atoms with Gasteiger partial charge in [-0.2, -0.15) is 0 Å². The van der Waals surface area contributed by atoms with Gasteiger partial charge in [0.2, 0.25) is 16.6 Å². The molecule has 0 bridgehead atoms. The van der Waals surface area contributed by atoms with Crippen LogP contribution in [0.5, 0.6) is 11.5 Å². The van der Waals surface area contributed by atoms with Crippen molar-refractivity contribution in [2.24, 2.45) is 0 Å². The lowest BCUT2D eigenvalue weighted by atomic mass is 9.98. The molecular formula is C36H58O2Si2. The van der Waals surface area contributed by atoms with E-state index in [1.54, 1.807) is 0 Å². The Morgan fingerprint density at radius 2 is 0.925 bits per heavy atom. The van der Waals surface area contributed by atoms with Crippen LogP contribution in [-0.4, -0.2) is 16.6 Å². The summed E-state index contributed by atoms with van der Waals surface area (Å²) >= 11 is 0. The molecule has 0 saturated heterocycles. The summed E-state index contributed by atoms with van der Waals surface area (Å²) in [5.41, 5.74) is 1.36. The van der Waals surface area contributed by atoms with Gasteiger partial charge in [0.05, 0.1) is 0 Å². The van der Waals surface area contributed by atoms with Crippen LogP contribution in [0.15, 0.2) is 42.5 Å². The van der Waals surface area contributed by atoms with Gasteiger partial charge in [0.1, 0.15) is 11.5 Å². The largest absolute Gasteiger partial charge is 0.543 e. The average Bonchev–Trinajstić information content (AvgIpc) is 2.94.